The number of piperidine rings is 1. The Morgan fingerprint density at radius 1 is 1.46 bits per heavy atom. The first-order chi connectivity index (χ1) is 6.07. The van der Waals surface area contributed by atoms with Crippen molar-refractivity contribution in [3.63, 3.8) is 0 Å². The molecule has 1 aliphatic heterocycles. The summed E-state index contributed by atoms with van der Waals surface area (Å²) < 4.78 is 0.294. The lowest BCUT2D eigenvalue weighted by molar-refractivity contribution is 0.163. The molecule has 1 nitrogen and oxygen atoms in total. The molecule has 1 aliphatic carbocycles. The number of alkyl halides is 2. The first-order valence-corrected chi connectivity index (χ1v) is 6.77. The third kappa shape index (κ3) is 1.72. The van der Waals surface area contributed by atoms with Crippen molar-refractivity contribution in [2.24, 2.45) is 11.8 Å². The van der Waals surface area contributed by atoms with E-state index >= 15 is 0 Å². The Kier molecular flexibility index (Phi) is 2.81. The average molecular weight is 311 g/mol. The van der Waals surface area contributed by atoms with E-state index in [0.29, 0.717) is 3.23 Å². The maximum atomic E-state index is 3.77. The van der Waals surface area contributed by atoms with Gasteiger partial charge in [0.2, 0.25) is 0 Å². The predicted octanol–water partition coefficient (Wildman–Crippen LogP) is 3.22. The maximum absolute atomic E-state index is 3.77. The number of likely N-dealkylation sites (tertiary alicyclic amines) is 1. The summed E-state index contributed by atoms with van der Waals surface area (Å²) in [6.45, 7) is 7.18. The van der Waals surface area contributed by atoms with Crippen LogP contribution < -0.4 is 0 Å². The lowest BCUT2D eigenvalue weighted by atomic mass is 10.1. The molecule has 1 saturated carbocycles. The number of halogens is 2. The van der Waals surface area contributed by atoms with Crippen LogP contribution in [0.1, 0.15) is 26.7 Å². The summed E-state index contributed by atoms with van der Waals surface area (Å²) in [4.78, 5) is 2.63. The molecule has 0 N–H and O–H groups in total. The van der Waals surface area contributed by atoms with Crippen LogP contribution in [-0.4, -0.2) is 27.3 Å². The molecule has 0 aromatic heterocycles. The zero-order valence-electron chi connectivity index (χ0n) is 8.26. The molecule has 3 unspecified atom stereocenters. The summed E-state index contributed by atoms with van der Waals surface area (Å²) >= 11 is 7.54. The van der Waals surface area contributed by atoms with Gasteiger partial charge in [-0.3, -0.25) is 0 Å². The zero-order valence-corrected chi connectivity index (χ0v) is 11.4. The maximum Gasteiger partial charge on any atom is 0.0881 e. The fourth-order valence-corrected chi connectivity index (χ4v) is 4.17. The lowest BCUT2D eigenvalue weighted by Gasteiger charge is -2.31. The van der Waals surface area contributed by atoms with Crippen LogP contribution in [0.15, 0.2) is 0 Å². The predicted molar refractivity (Wildman–Crippen MR) is 63.5 cm³/mol. The molecule has 2 fully saturated rings. The molecule has 13 heavy (non-hydrogen) atoms. The van der Waals surface area contributed by atoms with Crippen molar-refractivity contribution in [1.82, 2.24) is 4.90 Å². The largest absolute Gasteiger partial charge is 0.300 e. The van der Waals surface area contributed by atoms with Crippen LogP contribution in [0.4, 0.5) is 0 Å². The van der Waals surface area contributed by atoms with E-state index in [4.69, 9.17) is 0 Å². The van der Waals surface area contributed by atoms with Crippen molar-refractivity contribution in [3.8, 4) is 0 Å². The first kappa shape index (κ1) is 10.4. The highest BCUT2D eigenvalue weighted by Gasteiger charge is 2.63. The third-order valence-electron chi connectivity index (χ3n) is 3.74. The van der Waals surface area contributed by atoms with E-state index in [9.17, 15) is 0 Å². The molecule has 76 valence electrons. The Morgan fingerprint density at radius 3 is 2.69 bits per heavy atom. The lowest BCUT2D eigenvalue weighted by Crippen LogP contribution is -2.38. The van der Waals surface area contributed by atoms with Gasteiger partial charge in [0.15, 0.2) is 0 Å². The van der Waals surface area contributed by atoms with E-state index in [0.717, 1.165) is 17.9 Å². The Morgan fingerprint density at radius 2 is 2.15 bits per heavy atom. The SMILES string of the molecule is CCC(C)N1CCC2C(C1)C2(Br)Br. The molecule has 2 aliphatic rings. The number of nitrogens with zero attached hydrogens (tertiary/aromatic N) is 1. The van der Waals surface area contributed by atoms with Crippen LogP contribution in [0.2, 0.25) is 0 Å². The summed E-state index contributed by atoms with van der Waals surface area (Å²) in [6.07, 6.45) is 2.63. The quantitative estimate of drug-likeness (QED) is 0.708. The van der Waals surface area contributed by atoms with E-state index in [1.54, 1.807) is 0 Å². The summed E-state index contributed by atoms with van der Waals surface area (Å²) in [5, 5.41) is 0. The molecule has 0 aromatic carbocycles. The van der Waals surface area contributed by atoms with Gasteiger partial charge < -0.3 is 4.90 Å². The highest BCUT2D eigenvalue weighted by Crippen LogP contribution is 2.65. The van der Waals surface area contributed by atoms with Gasteiger partial charge in [-0.25, -0.2) is 0 Å². The molecule has 0 radical (unpaired) electrons. The Hall–Kier alpha value is 0.920. The number of hydrogen-bond acceptors (Lipinski definition) is 1. The van der Waals surface area contributed by atoms with Crippen LogP contribution in [0.25, 0.3) is 0 Å². The number of fused-ring (bicyclic) bond motifs is 1. The minimum atomic E-state index is 0.294. The minimum Gasteiger partial charge on any atom is -0.300 e. The molecule has 2 rings (SSSR count). The first-order valence-electron chi connectivity index (χ1n) is 5.19. The van der Waals surface area contributed by atoms with Crippen LogP contribution >= 0.6 is 31.9 Å². The van der Waals surface area contributed by atoms with E-state index < -0.39 is 0 Å². The summed E-state index contributed by atoms with van der Waals surface area (Å²) in [6, 6.07) is 0.761. The highest BCUT2D eigenvalue weighted by atomic mass is 79.9. The Balaban J connectivity index is 1.93. The van der Waals surface area contributed by atoms with Gasteiger partial charge in [-0.2, -0.15) is 0 Å². The molecule has 3 atom stereocenters. The topological polar surface area (TPSA) is 3.24 Å². The van der Waals surface area contributed by atoms with Gasteiger partial charge in [-0.1, -0.05) is 38.8 Å². The molecule has 0 bridgehead atoms. The standard InChI is InChI=1S/C10H17Br2N/c1-3-7(2)13-5-4-8-9(6-13)10(8,11)12/h7-9H,3-6H2,1-2H3. The summed E-state index contributed by atoms with van der Waals surface area (Å²) in [5.41, 5.74) is 0. The van der Waals surface area contributed by atoms with Crippen molar-refractivity contribution in [2.45, 2.75) is 36.0 Å². The van der Waals surface area contributed by atoms with E-state index in [1.165, 1.54) is 25.9 Å². The van der Waals surface area contributed by atoms with Gasteiger partial charge in [0.1, 0.15) is 0 Å². The monoisotopic (exact) mass is 309 g/mol. The van der Waals surface area contributed by atoms with Crippen LogP contribution in [0.3, 0.4) is 0 Å². The number of rotatable bonds is 2. The second-order valence-corrected chi connectivity index (χ2v) is 8.12. The van der Waals surface area contributed by atoms with Crippen molar-refractivity contribution in [2.75, 3.05) is 13.1 Å². The fourth-order valence-electron chi connectivity index (χ4n) is 2.41. The van der Waals surface area contributed by atoms with E-state index in [-0.39, 0.29) is 0 Å². The third-order valence-corrected chi connectivity index (χ3v) is 6.09. The highest BCUT2D eigenvalue weighted by molar-refractivity contribution is 9.25. The molecule has 1 heterocycles. The summed E-state index contributed by atoms with van der Waals surface area (Å²) in [5.74, 6) is 1.73. The molecule has 1 saturated heterocycles. The molecule has 0 amide bonds. The van der Waals surface area contributed by atoms with Gasteiger partial charge in [0, 0.05) is 18.5 Å². The Bertz CT molecular complexity index is 205. The number of hydrogen-bond donors (Lipinski definition) is 0. The van der Waals surface area contributed by atoms with Gasteiger partial charge >= 0.3 is 0 Å². The molecular weight excluding hydrogens is 294 g/mol. The average Bonchev–Trinajstić information content (AvgIpc) is 2.68. The molecule has 0 spiro atoms. The second-order valence-electron chi connectivity index (χ2n) is 4.43. The normalized spacial score (nSPS) is 39.7. The molecule has 0 aromatic rings. The van der Waals surface area contributed by atoms with Gasteiger partial charge in [0.25, 0.3) is 0 Å². The zero-order chi connectivity index (χ0) is 9.64. The van der Waals surface area contributed by atoms with Crippen LogP contribution in [0.5, 0.6) is 0 Å². The fraction of sp³-hybridized carbons (Fsp3) is 1.00. The Labute approximate surface area is 97.5 Å². The van der Waals surface area contributed by atoms with E-state index in [2.05, 4.69) is 50.6 Å². The van der Waals surface area contributed by atoms with E-state index in [1.807, 2.05) is 0 Å². The molecule has 3 heteroatoms. The van der Waals surface area contributed by atoms with Crippen LogP contribution in [-0.2, 0) is 0 Å². The van der Waals surface area contributed by atoms with Gasteiger partial charge in [-0.15, -0.1) is 0 Å². The minimum absolute atomic E-state index is 0.294. The van der Waals surface area contributed by atoms with Crippen molar-refractivity contribution >= 4 is 31.9 Å². The van der Waals surface area contributed by atoms with Crippen molar-refractivity contribution in [1.29, 1.82) is 0 Å². The van der Waals surface area contributed by atoms with Gasteiger partial charge in [-0.05, 0) is 32.2 Å². The smallest absolute Gasteiger partial charge is 0.0881 e. The van der Waals surface area contributed by atoms with Crippen molar-refractivity contribution < 1.29 is 0 Å². The van der Waals surface area contributed by atoms with Gasteiger partial charge in [0.05, 0.1) is 3.23 Å². The van der Waals surface area contributed by atoms with Crippen molar-refractivity contribution in [3.05, 3.63) is 0 Å². The molecular formula is C10H17Br2N. The summed E-state index contributed by atoms with van der Waals surface area (Å²) in [7, 11) is 0. The van der Waals surface area contributed by atoms with Crippen LogP contribution in [0, 0.1) is 11.8 Å². The second kappa shape index (κ2) is 3.49.